The summed E-state index contributed by atoms with van der Waals surface area (Å²) in [6.45, 7) is 9.50. The molecule has 1 aromatic carbocycles. The molecule has 2 aromatic rings. The summed E-state index contributed by atoms with van der Waals surface area (Å²) in [6.07, 6.45) is 4.40. The molecular weight excluding hydrogens is 300 g/mol. The molecule has 5 nitrogen and oxygen atoms in total. The Morgan fingerprint density at radius 3 is 2.67 bits per heavy atom. The second-order valence-electron chi connectivity index (χ2n) is 6.93. The van der Waals surface area contributed by atoms with Gasteiger partial charge in [0.1, 0.15) is 5.82 Å². The molecule has 0 spiro atoms. The van der Waals surface area contributed by atoms with Gasteiger partial charge in [0.15, 0.2) is 0 Å². The van der Waals surface area contributed by atoms with E-state index < -0.39 is 0 Å². The molecule has 1 aliphatic heterocycles. The lowest BCUT2D eigenvalue weighted by Crippen LogP contribution is -2.30. The van der Waals surface area contributed by atoms with Gasteiger partial charge in [0, 0.05) is 18.2 Å². The maximum absolute atomic E-state index is 11.6. The summed E-state index contributed by atoms with van der Waals surface area (Å²) in [4.78, 5) is 19.0. The van der Waals surface area contributed by atoms with Crippen LogP contribution in [-0.2, 0) is 11.3 Å². The Morgan fingerprint density at radius 2 is 2.00 bits per heavy atom. The summed E-state index contributed by atoms with van der Waals surface area (Å²) in [6, 6.07) is 6.40. The van der Waals surface area contributed by atoms with Crippen LogP contribution in [0.5, 0.6) is 0 Å². The number of piperidine rings is 1. The average Bonchev–Trinajstić information content (AvgIpc) is 2.92. The fourth-order valence-electron chi connectivity index (χ4n) is 3.48. The van der Waals surface area contributed by atoms with Crippen molar-refractivity contribution in [2.75, 3.05) is 18.4 Å². The highest BCUT2D eigenvalue weighted by Crippen LogP contribution is 2.25. The molecule has 0 radical (unpaired) electrons. The topological polar surface area (TPSA) is 50.2 Å². The summed E-state index contributed by atoms with van der Waals surface area (Å²) < 4.78 is 2.33. The van der Waals surface area contributed by atoms with E-state index in [0.717, 1.165) is 29.1 Å². The highest BCUT2D eigenvalue weighted by molar-refractivity contribution is 5.93. The Bertz CT molecular complexity index is 713. The number of nitrogens with zero attached hydrogens (tertiary/aromatic N) is 3. The SMILES string of the molecule is CCC(=O)Nc1ccc2c(c1)nc(CN1CCCCC1)n2C(C)C. The molecule has 2 heterocycles. The van der Waals surface area contributed by atoms with Gasteiger partial charge in [-0.25, -0.2) is 4.98 Å². The number of aromatic nitrogens is 2. The van der Waals surface area contributed by atoms with E-state index in [4.69, 9.17) is 4.98 Å². The summed E-state index contributed by atoms with van der Waals surface area (Å²) in [5.74, 6) is 1.16. The third-order valence-electron chi connectivity index (χ3n) is 4.70. The first-order valence-electron chi connectivity index (χ1n) is 9.11. The molecule has 1 amide bonds. The first-order chi connectivity index (χ1) is 11.6. The second kappa shape index (κ2) is 7.34. The predicted molar refractivity (Wildman–Crippen MR) is 98.2 cm³/mol. The van der Waals surface area contributed by atoms with Crippen molar-refractivity contribution < 1.29 is 4.79 Å². The van der Waals surface area contributed by atoms with Crippen molar-refractivity contribution >= 4 is 22.6 Å². The number of anilines is 1. The monoisotopic (exact) mass is 328 g/mol. The van der Waals surface area contributed by atoms with E-state index in [1.54, 1.807) is 0 Å². The number of hydrogen-bond acceptors (Lipinski definition) is 3. The van der Waals surface area contributed by atoms with Crippen molar-refractivity contribution in [1.82, 2.24) is 14.5 Å². The largest absolute Gasteiger partial charge is 0.326 e. The van der Waals surface area contributed by atoms with Gasteiger partial charge in [-0.15, -0.1) is 0 Å². The Morgan fingerprint density at radius 1 is 1.25 bits per heavy atom. The van der Waals surface area contributed by atoms with Gasteiger partial charge in [-0.1, -0.05) is 13.3 Å². The number of benzene rings is 1. The van der Waals surface area contributed by atoms with Crippen LogP contribution in [0.1, 0.15) is 58.3 Å². The standard InChI is InChI=1S/C19H28N4O/c1-4-19(24)20-15-8-9-17-16(12-15)21-18(23(17)14(2)3)13-22-10-6-5-7-11-22/h8-9,12,14H,4-7,10-11,13H2,1-3H3,(H,20,24). The van der Waals surface area contributed by atoms with E-state index in [2.05, 4.69) is 34.7 Å². The van der Waals surface area contributed by atoms with Crippen LogP contribution in [0, 0.1) is 0 Å². The zero-order valence-electron chi connectivity index (χ0n) is 15.0. The Kier molecular flexibility index (Phi) is 5.19. The molecule has 1 aliphatic rings. The molecule has 1 N–H and O–H groups in total. The van der Waals surface area contributed by atoms with Crippen molar-refractivity contribution in [3.8, 4) is 0 Å². The van der Waals surface area contributed by atoms with Gasteiger partial charge in [0.2, 0.25) is 5.91 Å². The van der Waals surface area contributed by atoms with Gasteiger partial charge in [0.25, 0.3) is 0 Å². The van der Waals surface area contributed by atoms with Crippen molar-refractivity contribution in [3.63, 3.8) is 0 Å². The minimum atomic E-state index is 0.0335. The zero-order valence-corrected chi connectivity index (χ0v) is 15.0. The molecule has 1 aromatic heterocycles. The summed E-state index contributed by atoms with van der Waals surface area (Å²) in [7, 11) is 0. The molecule has 1 saturated heterocycles. The van der Waals surface area contributed by atoms with E-state index in [-0.39, 0.29) is 5.91 Å². The van der Waals surface area contributed by atoms with Gasteiger partial charge in [-0.2, -0.15) is 0 Å². The normalized spacial score (nSPS) is 16.0. The lowest BCUT2D eigenvalue weighted by molar-refractivity contribution is -0.115. The van der Waals surface area contributed by atoms with E-state index >= 15 is 0 Å². The van der Waals surface area contributed by atoms with E-state index in [0.29, 0.717) is 12.5 Å². The van der Waals surface area contributed by atoms with Gasteiger partial charge in [-0.05, 0) is 58.0 Å². The van der Waals surface area contributed by atoms with Gasteiger partial charge in [-0.3, -0.25) is 9.69 Å². The molecule has 5 heteroatoms. The van der Waals surface area contributed by atoms with Crippen LogP contribution in [-0.4, -0.2) is 33.4 Å². The first-order valence-corrected chi connectivity index (χ1v) is 9.11. The van der Waals surface area contributed by atoms with Crippen LogP contribution in [0.2, 0.25) is 0 Å². The van der Waals surface area contributed by atoms with Crippen LogP contribution in [0.4, 0.5) is 5.69 Å². The molecule has 0 saturated carbocycles. The highest BCUT2D eigenvalue weighted by atomic mass is 16.1. The summed E-state index contributed by atoms with van der Waals surface area (Å²) in [5.41, 5.74) is 2.93. The minimum Gasteiger partial charge on any atom is -0.326 e. The molecule has 24 heavy (non-hydrogen) atoms. The average molecular weight is 328 g/mol. The number of amides is 1. The van der Waals surface area contributed by atoms with Crippen molar-refractivity contribution in [2.24, 2.45) is 0 Å². The fourth-order valence-corrected chi connectivity index (χ4v) is 3.48. The van der Waals surface area contributed by atoms with Gasteiger partial charge >= 0.3 is 0 Å². The Balaban J connectivity index is 1.92. The highest BCUT2D eigenvalue weighted by Gasteiger charge is 2.18. The first kappa shape index (κ1) is 17.0. The maximum atomic E-state index is 11.6. The smallest absolute Gasteiger partial charge is 0.224 e. The van der Waals surface area contributed by atoms with Crippen LogP contribution in [0.3, 0.4) is 0 Å². The van der Waals surface area contributed by atoms with E-state index in [1.807, 2.05) is 19.1 Å². The third-order valence-corrected chi connectivity index (χ3v) is 4.70. The second-order valence-corrected chi connectivity index (χ2v) is 6.93. The summed E-state index contributed by atoms with van der Waals surface area (Å²) >= 11 is 0. The number of likely N-dealkylation sites (tertiary alicyclic amines) is 1. The van der Waals surface area contributed by atoms with Crippen LogP contribution in [0.15, 0.2) is 18.2 Å². The maximum Gasteiger partial charge on any atom is 0.224 e. The van der Waals surface area contributed by atoms with Crippen molar-refractivity contribution in [2.45, 2.75) is 59.0 Å². The minimum absolute atomic E-state index is 0.0335. The summed E-state index contributed by atoms with van der Waals surface area (Å²) in [5, 5.41) is 2.92. The van der Waals surface area contributed by atoms with Crippen molar-refractivity contribution in [1.29, 1.82) is 0 Å². The molecule has 0 aliphatic carbocycles. The number of carbonyl (C=O) groups is 1. The number of hydrogen-bond donors (Lipinski definition) is 1. The number of rotatable bonds is 5. The lowest BCUT2D eigenvalue weighted by Gasteiger charge is -2.26. The molecule has 130 valence electrons. The van der Waals surface area contributed by atoms with Crippen LogP contribution < -0.4 is 5.32 Å². The van der Waals surface area contributed by atoms with E-state index in [1.165, 1.54) is 32.4 Å². The van der Waals surface area contributed by atoms with Gasteiger partial charge in [0.05, 0.1) is 17.6 Å². The number of imidazole rings is 1. The molecule has 3 rings (SSSR count). The lowest BCUT2D eigenvalue weighted by atomic mass is 10.1. The van der Waals surface area contributed by atoms with E-state index in [9.17, 15) is 4.79 Å². The molecular formula is C19H28N4O. The van der Waals surface area contributed by atoms with Crippen LogP contribution in [0.25, 0.3) is 11.0 Å². The number of carbonyl (C=O) groups excluding carboxylic acids is 1. The Labute approximate surface area is 144 Å². The quantitative estimate of drug-likeness (QED) is 0.904. The number of fused-ring (bicyclic) bond motifs is 1. The molecule has 1 fully saturated rings. The molecule has 0 atom stereocenters. The third kappa shape index (κ3) is 3.61. The predicted octanol–water partition coefficient (Wildman–Crippen LogP) is 3.95. The Hall–Kier alpha value is -1.88. The zero-order chi connectivity index (χ0) is 17.1. The molecule has 0 unspecified atom stereocenters. The number of nitrogens with one attached hydrogen (secondary N) is 1. The van der Waals surface area contributed by atoms with Crippen molar-refractivity contribution in [3.05, 3.63) is 24.0 Å². The van der Waals surface area contributed by atoms with Crippen LogP contribution >= 0.6 is 0 Å². The van der Waals surface area contributed by atoms with Gasteiger partial charge < -0.3 is 9.88 Å². The fraction of sp³-hybridized carbons (Fsp3) is 0.579. The molecule has 0 bridgehead atoms.